The van der Waals surface area contributed by atoms with E-state index in [0.29, 0.717) is 11.7 Å². The second-order valence-corrected chi connectivity index (χ2v) is 11.3. The van der Waals surface area contributed by atoms with Gasteiger partial charge in [-0.3, -0.25) is 9.62 Å². The lowest BCUT2D eigenvalue weighted by molar-refractivity contribution is 0.242. The Morgan fingerprint density at radius 2 is 2.09 bits per heavy atom. The average molecular weight is 507 g/mol. The van der Waals surface area contributed by atoms with Crippen molar-refractivity contribution in [3.8, 4) is 0 Å². The van der Waals surface area contributed by atoms with Crippen molar-refractivity contribution < 1.29 is 12.8 Å². The number of thiazole rings is 1. The second-order valence-electron chi connectivity index (χ2n) is 8.51. The smallest absolute Gasteiger partial charge is 0.266 e. The van der Waals surface area contributed by atoms with E-state index in [4.69, 9.17) is 11.6 Å². The normalized spacial score (nSPS) is 20.7. The molecule has 2 atom stereocenters. The van der Waals surface area contributed by atoms with Crippen molar-refractivity contribution in [1.82, 2.24) is 9.88 Å². The van der Waals surface area contributed by atoms with E-state index >= 15 is 0 Å². The van der Waals surface area contributed by atoms with Crippen molar-refractivity contribution in [2.24, 2.45) is 0 Å². The summed E-state index contributed by atoms with van der Waals surface area (Å²) in [6.07, 6.45) is 3.14. The van der Waals surface area contributed by atoms with Crippen LogP contribution < -0.4 is 9.62 Å². The van der Waals surface area contributed by atoms with Gasteiger partial charge in [-0.15, -0.1) is 11.3 Å². The molecule has 174 valence electrons. The predicted molar refractivity (Wildman–Crippen MR) is 130 cm³/mol. The van der Waals surface area contributed by atoms with Gasteiger partial charge in [0, 0.05) is 43.7 Å². The quantitative estimate of drug-likeness (QED) is 0.513. The van der Waals surface area contributed by atoms with Crippen molar-refractivity contribution in [2.45, 2.75) is 36.2 Å². The Bertz CT molecular complexity index is 1270. The molecule has 0 spiro atoms. The molecule has 1 saturated heterocycles. The first kappa shape index (κ1) is 22.6. The van der Waals surface area contributed by atoms with Gasteiger partial charge in [0.15, 0.2) is 5.82 Å². The van der Waals surface area contributed by atoms with Gasteiger partial charge in [0.25, 0.3) is 10.0 Å². The number of likely N-dealkylation sites (tertiary alicyclic amines) is 1. The third-order valence-corrected chi connectivity index (χ3v) is 8.89. The van der Waals surface area contributed by atoms with Crippen LogP contribution in [0.5, 0.6) is 0 Å². The van der Waals surface area contributed by atoms with Gasteiger partial charge < -0.3 is 4.90 Å². The summed E-state index contributed by atoms with van der Waals surface area (Å²) in [5, 5.41) is 1.73. The molecule has 0 bridgehead atoms. The Kier molecular flexibility index (Phi) is 6.07. The number of rotatable bonds is 6. The summed E-state index contributed by atoms with van der Waals surface area (Å²) < 4.78 is 42.5. The number of anilines is 2. The van der Waals surface area contributed by atoms with Gasteiger partial charge in [0.05, 0.1) is 16.2 Å². The molecule has 1 unspecified atom stereocenters. The number of benzene rings is 2. The number of nitrogens with one attached hydrogen (secondary N) is 1. The first-order chi connectivity index (χ1) is 15.8. The maximum Gasteiger partial charge on any atom is 0.266 e. The molecule has 2 aliphatic rings. The summed E-state index contributed by atoms with van der Waals surface area (Å²) in [4.78, 5) is 7.86. The highest BCUT2D eigenvalue weighted by atomic mass is 35.5. The number of sulfonamides is 1. The molecule has 5 rings (SSSR count). The minimum Gasteiger partial charge on any atom is -0.369 e. The van der Waals surface area contributed by atoms with Crippen LogP contribution in [0.3, 0.4) is 0 Å². The molecule has 0 saturated carbocycles. The molecule has 0 amide bonds. The Balaban J connectivity index is 1.33. The number of nitrogens with zero attached hydrogens (tertiary/aromatic N) is 3. The summed E-state index contributed by atoms with van der Waals surface area (Å²) in [6.45, 7) is 1.80. The molecular weight excluding hydrogens is 483 g/mol. The SMILES string of the molecule is CN(c1cc(F)c(S(=O)(=O)Nc2cscn2)cc1Cl)[C@H]1CCN(C2CCc3ccccc32)C1. The van der Waals surface area contributed by atoms with Crippen LogP contribution in [0.2, 0.25) is 5.02 Å². The lowest BCUT2D eigenvalue weighted by atomic mass is 10.1. The highest BCUT2D eigenvalue weighted by molar-refractivity contribution is 7.92. The van der Waals surface area contributed by atoms with E-state index in [2.05, 4.69) is 38.9 Å². The molecule has 1 aliphatic heterocycles. The van der Waals surface area contributed by atoms with Gasteiger partial charge >= 0.3 is 0 Å². The number of fused-ring (bicyclic) bond motifs is 1. The average Bonchev–Trinajstić information content (AvgIpc) is 3.54. The van der Waals surface area contributed by atoms with Crippen LogP contribution in [0.4, 0.5) is 15.9 Å². The molecule has 10 heteroatoms. The van der Waals surface area contributed by atoms with Gasteiger partial charge in [-0.25, -0.2) is 17.8 Å². The Morgan fingerprint density at radius 3 is 2.88 bits per heavy atom. The molecule has 1 aromatic heterocycles. The van der Waals surface area contributed by atoms with Gasteiger partial charge in [-0.05, 0) is 36.5 Å². The van der Waals surface area contributed by atoms with Crippen molar-refractivity contribution in [3.63, 3.8) is 0 Å². The molecule has 0 radical (unpaired) electrons. The molecule has 2 aromatic carbocycles. The molecule has 1 fully saturated rings. The van der Waals surface area contributed by atoms with E-state index in [1.54, 1.807) is 0 Å². The van der Waals surface area contributed by atoms with Crippen molar-refractivity contribution in [3.05, 3.63) is 69.3 Å². The molecule has 3 aromatic rings. The Hall–Kier alpha value is -2.20. The minimum absolute atomic E-state index is 0.149. The van der Waals surface area contributed by atoms with Crippen LogP contribution in [0.15, 0.2) is 52.2 Å². The molecule has 1 N–H and O–H groups in total. The fraction of sp³-hybridized carbons (Fsp3) is 0.348. The second kappa shape index (κ2) is 8.87. The third kappa shape index (κ3) is 4.35. The number of halogens is 2. The minimum atomic E-state index is -4.14. The van der Waals surface area contributed by atoms with Gasteiger partial charge in [-0.2, -0.15) is 0 Å². The summed E-state index contributed by atoms with van der Waals surface area (Å²) in [5.41, 5.74) is 4.81. The standard InChI is InChI=1S/C23H24ClFN4O2S2/c1-28(16-8-9-29(12-16)20-7-6-15-4-2-3-5-17(15)20)21-11-19(25)22(10-18(21)24)33(30,31)27-23-13-32-14-26-23/h2-5,10-11,13-14,16,20,27H,6-9,12H2,1H3/t16-,20?/m0/s1. The van der Waals surface area contributed by atoms with Crippen LogP contribution in [-0.2, 0) is 16.4 Å². The summed E-state index contributed by atoms with van der Waals surface area (Å²) in [5.74, 6) is -0.695. The van der Waals surface area contributed by atoms with E-state index in [1.807, 2.05) is 11.9 Å². The van der Waals surface area contributed by atoms with Crippen LogP contribution in [0.1, 0.15) is 30.0 Å². The lowest BCUT2D eigenvalue weighted by Gasteiger charge is -2.30. The monoisotopic (exact) mass is 506 g/mol. The zero-order valence-corrected chi connectivity index (χ0v) is 20.4. The largest absolute Gasteiger partial charge is 0.369 e. The summed E-state index contributed by atoms with van der Waals surface area (Å²) in [7, 11) is -2.25. The number of aromatic nitrogens is 1. The van der Waals surface area contributed by atoms with E-state index in [9.17, 15) is 12.8 Å². The Labute approximate surface area is 202 Å². The first-order valence-corrected chi connectivity index (χ1v) is 13.6. The first-order valence-electron chi connectivity index (χ1n) is 10.8. The van der Waals surface area contributed by atoms with Crippen molar-refractivity contribution >= 4 is 44.5 Å². The van der Waals surface area contributed by atoms with E-state index in [-0.39, 0.29) is 16.9 Å². The number of aryl methyl sites for hydroxylation is 1. The maximum absolute atomic E-state index is 15.0. The van der Waals surface area contributed by atoms with Gasteiger partial charge in [-0.1, -0.05) is 35.9 Å². The maximum atomic E-state index is 15.0. The van der Waals surface area contributed by atoms with E-state index in [0.717, 1.165) is 32.4 Å². The molecule has 33 heavy (non-hydrogen) atoms. The van der Waals surface area contributed by atoms with Crippen molar-refractivity contribution in [1.29, 1.82) is 0 Å². The topological polar surface area (TPSA) is 65.5 Å². The third-order valence-electron chi connectivity index (χ3n) is 6.63. The van der Waals surface area contributed by atoms with Gasteiger partial charge in [0.2, 0.25) is 0 Å². The fourth-order valence-electron chi connectivity index (χ4n) is 4.93. The molecular formula is C23H24ClFN4O2S2. The zero-order valence-electron chi connectivity index (χ0n) is 18.0. The predicted octanol–water partition coefficient (Wildman–Crippen LogP) is 4.93. The summed E-state index contributed by atoms with van der Waals surface area (Å²) in [6, 6.07) is 11.6. The number of likely N-dealkylation sites (N-methyl/N-ethyl adjacent to an activating group) is 1. The van der Waals surface area contributed by atoms with E-state index < -0.39 is 20.7 Å². The fourth-order valence-corrected chi connectivity index (χ4v) is 6.93. The lowest BCUT2D eigenvalue weighted by Crippen LogP contribution is -2.35. The molecule has 1 aliphatic carbocycles. The number of hydrogen-bond acceptors (Lipinski definition) is 6. The van der Waals surface area contributed by atoms with Crippen LogP contribution >= 0.6 is 22.9 Å². The van der Waals surface area contributed by atoms with Crippen LogP contribution in [-0.4, -0.2) is 44.5 Å². The summed E-state index contributed by atoms with van der Waals surface area (Å²) >= 11 is 7.71. The van der Waals surface area contributed by atoms with Crippen LogP contribution in [0, 0.1) is 5.82 Å². The van der Waals surface area contributed by atoms with Gasteiger partial charge in [0.1, 0.15) is 10.7 Å². The van der Waals surface area contributed by atoms with E-state index in [1.165, 1.54) is 45.5 Å². The highest BCUT2D eigenvalue weighted by Crippen LogP contribution is 2.39. The van der Waals surface area contributed by atoms with Crippen LogP contribution in [0.25, 0.3) is 0 Å². The zero-order chi connectivity index (χ0) is 23.2. The number of hydrogen-bond donors (Lipinski definition) is 1. The van der Waals surface area contributed by atoms with Crippen molar-refractivity contribution in [2.75, 3.05) is 29.8 Å². The molecule has 6 nitrogen and oxygen atoms in total. The Morgan fingerprint density at radius 1 is 1.27 bits per heavy atom. The molecule has 2 heterocycles. The highest BCUT2D eigenvalue weighted by Gasteiger charge is 2.35.